The van der Waals surface area contributed by atoms with Crippen molar-refractivity contribution in [2.75, 3.05) is 39.6 Å². The standard InChI is InChI=1S/C81H142O17P2.2Na/c1-6-10-14-17-20-23-26-29-32-35-38-43-48-53-58-64-78(83)91-70-76(97-80(85)66-60-55-50-44-39-36-33-30-27-24-21-18-15-11-7-2)72-95-99(87,88)93-68-75(82)69-94-100(89,90)96-73-77(98-81(86)67-61-56-51-45-40-37-34-31-28-25-22-19-16-12-8-3)71-92-79(84)65-59-54-49-46-41-42-47-52-57-63-74(5)62-13-9-4;;/h23-28,32-37,42,47,57,63,74-77,82H,6-22,29-31,38-41,43-46,48-56,58-62,64-73H2,1-5H3,(H,87,88)(H,89,90);;/q;2*+1/p-2/b26-23+,27-24-,28-25+,35-32-,36-33-,37-34-,47-42-,63-57-;;. The normalized spacial score (nSPS) is 14.5. The van der Waals surface area contributed by atoms with Crippen molar-refractivity contribution in [1.29, 1.82) is 0 Å². The molecular weight excluding hydrogens is 1350 g/mol. The van der Waals surface area contributed by atoms with Crippen molar-refractivity contribution >= 4 is 39.5 Å². The molecule has 0 bridgehead atoms. The zero-order valence-electron chi connectivity index (χ0n) is 65.2. The monoisotopic (exact) mass is 1490 g/mol. The van der Waals surface area contributed by atoms with Crippen molar-refractivity contribution in [3.63, 3.8) is 0 Å². The van der Waals surface area contributed by atoms with E-state index in [2.05, 4.69) is 132 Å². The Kier molecular flexibility index (Phi) is 80.2. The van der Waals surface area contributed by atoms with Crippen molar-refractivity contribution in [1.82, 2.24) is 0 Å². The number of rotatable bonds is 73. The molecule has 0 aliphatic rings. The molecule has 0 saturated heterocycles. The van der Waals surface area contributed by atoms with Crippen LogP contribution in [-0.2, 0) is 65.4 Å². The topological polar surface area (TPSA) is 243 Å². The average molecular weight is 1490 g/mol. The maximum atomic E-state index is 13.0. The quantitative estimate of drug-likeness (QED) is 0.0149. The van der Waals surface area contributed by atoms with Gasteiger partial charge in [0.25, 0.3) is 15.6 Å². The predicted molar refractivity (Wildman–Crippen MR) is 404 cm³/mol. The van der Waals surface area contributed by atoms with Crippen molar-refractivity contribution in [3.05, 3.63) is 97.2 Å². The minimum Gasteiger partial charge on any atom is -0.756 e. The van der Waals surface area contributed by atoms with E-state index < -0.39 is 97.5 Å². The van der Waals surface area contributed by atoms with Crippen LogP contribution >= 0.6 is 15.6 Å². The molecule has 0 saturated carbocycles. The molecule has 17 nitrogen and oxygen atoms in total. The van der Waals surface area contributed by atoms with Crippen LogP contribution in [0.2, 0.25) is 0 Å². The Morgan fingerprint density at radius 3 is 0.882 bits per heavy atom. The summed E-state index contributed by atoms with van der Waals surface area (Å²) in [4.78, 5) is 77.6. The molecule has 0 aromatic carbocycles. The van der Waals surface area contributed by atoms with E-state index in [4.69, 9.17) is 37.0 Å². The Morgan fingerprint density at radius 2 is 0.588 bits per heavy atom. The van der Waals surface area contributed by atoms with Gasteiger partial charge in [-0.15, -0.1) is 0 Å². The molecule has 0 aliphatic heterocycles. The molecule has 0 fully saturated rings. The number of unbranched alkanes of at least 4 members (excludes halogenated alkanes) is 29. The van der Waals surface area contributed by atoms with Gasteiger partial charge in [-0.05, 0) is 154 Å². The number of esters is 4. The third-order valence-electron chi connectivity index (χ3n) is 16.6. The Labute approximate surface area is 664 Å². The SMILES string of the molecule is CCCCCC/C=C\C/C=C\CCCCCCC(=O)OC(COC(=O)CCCCCC/C=C\C/C=C/CCCCCC)COP(=O)([O-])OCC(O)COP(=O)([O-])OCC(COC(=O)CCCCCC/C=C\C/C=C\C(C)CCCC)OC(=O)CCCCCC/C=C\C/C=C/CCCCCC.[Na+].[Na+]. The number of carbonyl (C=O) groups is 4. The molecule has 578 valence electrons. The minimum atomic E-state index is -5.25. The average Bonchev–Trinajstić information content (AvgIpc) is 0.907. The van der Waals surface area contributed by atoms with Crippen molar-refractivity contribution in [2.24, 2.45) is 5.92 Å². The van der Waals surface area contributed by atoms with E-state index in [1.165, 1.54) is 96.3 Å². The number of ether oxygens (including phenoxy) is 4. The fraction of sp³-hybridized carbons (Fsp3) is 0.753. The van der Waals surface area contributed by atoms with Gasteiger partial charge in [-0.2, -0.15) is 0 Å². The van der Waals surface area contributed by atoms with E-state index in [1.807, 2.05) is 0 Å². The second-order valence-corrected chi connectivity index (χ2v) is 29.3. The number of allylic oxidation sites excluding steroid dienone is 16. The smallest absolute Gasteiger partial charge is 0.756 e. The summed E-state index contributed by atoms with van der Waals surface area (Å²) in [5.74, 6) is -1.75. The van der Waals surface area contributed by atoms with Gasteiger partial charge in [0.05, 0.1) is 26.4 Å². The van der Waals surface area contributed by atoms with Gasteiger partial charge in [0.2, 0.25) is 0 Å². The maximum absolute atomic E-state index is 13.0. The second kappa shape index (κ2) is 78.6. The Morgan fingerprint density at radius 1 is 0.333 bits per heavy atom. The summed E-state index contributed by atoms with van der Waals surface area (Å²) in [5, 5.41) is 10.6. The number of aliphatic hydroxyl groups excluding tert-OH is 1. The van der Waals surface area contributed by atoms with Crippen molar-refractivity contribution < 1.29 is 139 Å². The first-order valence-corrected chi connectivity index (χ1v) is 42.3. The number of phosphoric acid groups is 2. The molecule has 21 heteroatoms. The van der Waals surface area contributed by atoms with Gasteiger partial charge >= 0.3 is 83.0 Å². The van der Waals surface area contributed by atoms with Crippen LogP contribution in [0.4, 0.5) is 0 Å². The van der Waals surface area contributed by atoms with Gasteiger partial charge in [-0.1, -0.05) is 254 Å². The molecule has 0 heterocycles. The van der Waals surface area contributed by atoms with Gasteiger partial charge in [0, 0.05) is 25.7 Å². The molecule has 0 rings (SSSR count). The summed E-state index contributed by atoms with van der Waals surface area (Å²) in [7, 11) is -10.5. The summed E-state index contributed by atoms with van der Waals surface area (Å²) in [6.45, 7) is 6.57. The molecule has 6 atom stereocenters. The number of hydrogen-bond donors (Lipinski definition) is 1. The van der Waals surface area contributed by atoms with Gasteiger partial charge in [0.1, 0.15) is 19.3 Å². The second-order valence-electron chi connectivity index (χ2n) is 26.5. The van der Waals surface area contributed by atoms with Crippen LogP contribution < -0.4 is 68.9 Å². The molecule has 102 heavy (non-hydrogen) atoms. The number of carbonyl (C=O) groups excluding carboxylic acids is 4. The largest absolute Gasteiger partial charge is 1.00 e. The van der Waals surface area contributed by atoms with Crippen LogP contribution in [0.3, 0.4) is 0 Å². The molecule has 0 spiro atoms. The summed E-state index contributed by atoms with van der Waals surface area (Å²) < 4.78 is 67.6. The summed E-state index contributed by atoms with van der Waals surface area (Å²) >= 11 is 0. The van der Waals surface area contributed by atoms with Gasteiger partial charge < -0.3 is 51.9 Å². The van der Waals surface area contributed by atoms with Crippen LogP contribution in [-0.4, -0.2) is 86.9 Å². The summed E-state index contributed by atoms with van der Waals surface area (Å²) in [5.41, 5.74) is 0. The first-order chi connectivity index (χ1) is 48.6. The van der Waals surface area contributed by atoms with Gasteiger partial charge in [-0.3, -0.25) is 28.3 Å². The first kappa shape index (κ1) is 104. The summed E-state index contributed by atoms with van der Waals surface area (Å²) in [6, 6.07) is 0. The molecule has 0 aliphatic carbocycles. The molecular formula is C81H140Na2O17P2. The van der Waals surface area contributed by atoms with E-state index in [1.54, 1.807) is 0 Å². The molecule has 1 N–H and O–H groups in total. The van der Waals surface area contributed by atoms with Gasteiger partial charge in [-0.25, -0.2) is 0 Å². The minimum absolute atomic E-state index is 0. The Hall–Kier alpha value is -2.02. The zero-order chi connectivity index (χ0) is 73.4. The third kappa shape index (κ3) is 77.6. The molecule has 0 amide bonds. The number of hydrogen-bond acceptors (Lipinski definition) is 17. The Balaban J connectivity index is -0.0000490. The van der Waals surface area contributed by atoms with Crippen LogP contribution in [0.5, 0.6) is 0 Å². The number of phosphoric ester groups is 2. The summed E-state index contributed by atoms with van der Waals surface area (Å²) in [6.07, 6.45) is 73.5. The predicted octanol–water partition coefficient (Wildman–Crippen LogP) is 15.4. The van der Waals surface area contributed by atoms with E-state index in [0.29, 0.717) is 31.6 Å². The fourth-order valence-electron chi connectivity index (χ4n) is 10.4. The van der Waals surface area contributed by atoms with E-state index in [9.17, 15) is 43.2 Å². The first-order valence-electron chi connectivity index (χ1n) is 39.4. The fourth-order valence-corrected chi connectivity index (χ4v) is 12.0. The van der Waals surface area contributed by atoms with E-state index in [0.717, 1.165) is 148 Å². The molecule has 0 aromatic heterocycles. The molecule has 0 radical (unpaired) electrons. The number of aliphatic hydroxyl groups is 1. The van der Waals surface area contributed by atoms with E-state index in [-0.39, 0.29) is 84.8 Å². The van der Waals surface area contributed by atoms with Crippen molar-refractivity contribution in [3.8, 4) is 0 Å². The van der Waals surface area contributed by atoms with Crippen LogP contribution in [0.25, 0.3) is 0 Å². The maximum Gasteiger partial charge on any atom is 1.00 e. The van der Waals surface area contributed by atoms with Gasteiger partial charge in [0.15, 0.2) is 12.2 Å². The molecule has 0 aromatic rings. The van der Waals surface area contributed by atoms with E-state index >= 15 is 0 Å². The van der Waals surface area contributed by atoms with Crippen molar-refractivity contribution in [2.45, 2.75) is 348 Å². The van der Waals surface area contributed by atoms with Crippen LogP contribution in [0.15, 0.2) is 97.2 Å². The molecule has 6 unspecified atom stereocenters. The Bertz CT molecular complexity index is 2310. The zero-order valence-corrected chi connectivity index (χ0v) is 71.0. The third-order valence-corrected chi connectivity index (χ3v) is 18.4. The van der Waals surface area contributed by atoms with Crippen LogP contribution in [0.1, 0.15) is 330 Å². The van der Waals surface area contributed by atoms with Crippen LogP contribution in [0, 0.1) is 5.92 Å².